The summed E-state index contributed by atoms with van der Waals surface area (Å²) in [5, 5.41) is 4.64. The van der Waals surface area contributed by atoms with Crippen LogP contribution < -0.4 is 5.73 Å². The maximum Gasteiger partial charge on any atom is 0.0767 e. The van der Waals surface area contributed by atoms with Crippen molar-refractivity contribution in [1.29, 1.82) is 0 Å². The molecule has 1 unspecified atom stereocenters. The Labute approximate surface area is 135 Å². The summed E-state index contributed by atoms with van der Waals surface area (Å²) < 4.78 is 5.39. The summed E-state index contributed by atoms with van der Waals surface area (Å²) in [6.45, 7) is 10.3. The van der Waals surface area contributed by atoms with Gasteiger partial charge in [-0.25, -0.2) is 0 Å². The van der Waals surface area contributed by atoms with Crippen LogP contribution in [0.15, 0.2) is 22.9 Å². The number of nitrogens with zero attached hydrogens (tertiary/aromatic N) is 3. The van der Waals surface area contributed by atoms with E-state index in [1.165, 1.54) is 11.3 Å². The highest BCUT2D eigenvalue weighted by molar-refractivity contribution is 9.10. The number of hydrogen-bond acceptors (Lipinski definition) is 2. The van der Waals surface area contributed by atoms with E-state index in [0.29, 0.717) is 5.92 Å². The molecule has 1 atom stereocenters. The number of nitrogens with two attached hydrogens (primary N) is 1. The topological polar surface area (TPSA) is 48.8 Å². The van der Waals surface area contributed by atoms with E-state index in [4.69, 9.17) is 5.73 Å². The second-order valence-electron chi connectivity index (χ2n) is 5.76. The zero-order valence-corrected chi connectivity index (χ0v) is 14.9. The van der Waals surface area contributed by atoms with Gasteiger partial charge < -0.3 is 10.3 Å². The third-order valence-electron chi connectivity index (χ3n) is 3.90. The Morgan fingerprint density at radius 1 is 1.33 bits per heavy atom. The van der Waals surface area contributed by atoms with Crippen molar-refractivity contribution in [3.05, 3.63) is 39.9 Å². The van der Waals surface area contributed by atoms with E-state index in [-0.39, 0.29) is 6.04 Å². The summed E-state index contributed by atoms with van der Waals surface area (Å²) >= 11 is 3.70. The van der Waals surface area contributed by atoms with Gasteiger partial charge in [0.1, 0.15) is 0 Å². The molecule has 4 nitrogen and oxygen atoms in total. The van der Waals surface area contributed by atoms with Crippen LogP contribution in [0.25, 0.3) is 0 Å². The first-order chi connectivity index (χ1) is 9.97. The van der Waals surface area contributed by atoms with Crippen molar-refractivity contribution in [2.75, 3.05) is 0 Å². The molecule has 0 aliphatic heterocycles. The van der Waals surface area contributed by atoms with Gasteiger partial charge in [0, 0.05) is 25.0 Å². The fourth-order valence-corrected chi connectivity index (χ4v) is 3.17. The molecule has 2 heterocycles. The highest BCUT2D eigenvalue weighted by Crippen LogP contribution is 2.24. The van der Waals surface area contributed by atoms with Gasteiger partial charge >= 0.3 is 0 Å². The van der Waals surface area contributed by atoms with Crippen LogP contribution in [0.4, 0.5) is 0 Å². The summed E-state index contributed by atoms with van der Waals surface area (Å²) in [6.07, 6.45) is 5.19. The molecule has 0 aliphatic rings. The lowest BCUT2D eigenvalue weighted by molar-refractivity contribution is 0.513. The minimum atomic E-state index is 0.0944. The first kappa shape index (κ1) is 16.3. The normalized spacial score (nSPS) is 13.1. The van der Waals surface area contributed by atoms with Gasteiger partial charge in [-0.15, -0.1) is 0 Å². The van der Waals surface area contributed by atoms with Gasteiger partial charge in [0.05, 0.1) is 22.4 Å². The van der Waals surface area contributed by atoms with E-state index in [1.54, 1.807) is 0 Å². The van der Waals surface area contributed by atoms with Crippen LogP contribution in [0.2, 0.25) is 0 Å². The Morgan fingerprint density at radius 3 is 2.62 bits per heavy atom. The van der Waals surface area contributed by atoms with Gasteiger partial charge in [0.15, 0.2) is 0 Å². The molecule has 5 heteroatoms. The Hall–Kier alpha value is -1.07. The molecule has 0 saturated carbocycles. The summed E-state index contributed by atoms with van der Waals surface area (Å²) in [5.41, 5.74) is 9.75. The van der Waals surface area contributed by atoms with Crippen LogP contribution in [0.3, 0.4) is 0 Å². The number of aromatic nitrogens is 3. The third-order valence-corrected chi connectivity index (χ3v) is 4.82. The zero-order chi connectivity index (χ0) is 15.6. The molecule has 2 aromatic heterocycles. The lowest BCUT2D eigenvalue weighted by atomic mass is 10.00. The predicted molar refractivity (Wildman–Crippen MR) is 90.3 cm³/mol. The smallest absolute Gasteiger partial charge is 0.0767 e. The molecule has 2 rings (SSSR count). The molecular formula is C16H25BrN4. The molecule has 0 radical (unpaired) electrons. The van der Waals surface area contributed by atoms with Crippen molar-refractivity contribution in [2.45, 2.75) is 53.2 Å². The van der Waals surface area contributed by atoms with E-state index in [2.05, 4.69) is 76.4 Å². The quantitative estimate of drug-likeness (QED) is 0.860. The Balaban J connectivity index is 2.24. The molecule has 2 aromatic rings. The summed E-state index contributed by atoms with van der Waals surface area (Å²) in [7, 11) is 0. The molecule has 0 bridgehead atoms. The molecule has 0 amide bonds. The monoisotopic (exact) mass is 352 g/mol. The lowest BCUT2D eigenvalue weighted by Gasteiger charge is -2.13. The van der Waals surface area contributed by atoms with Gasteiger partial charge in [0.2, 0.25) is 0 Å². The van der Waals surface area contributed by atoms with Gasteiger partial charge in [-0.3, -0.25) is 4.68 Å². The second-order valence-corrected chi connectivity index (χ2v) is 6.56. The van der Waals surface area contributed by atoms with Gasteiger partial charge in [0.25, 0.3) is 0 Å². The standard InChI is InChI=1S/C16H25BrN4/c1-5-13-15(17)14(21(6-2)19-13)10-20-8-7-12(9-20)16(18)11(3)4/h7-9,11,16H,5-6,10,18H2,1-4H3. The molecule has 0 aromatic carbocycles. The van der Waals surface area contributed by atoms with Crippen molar-refractivity contribution in [1.82, 2.24) is 14.3 Å². The fourth-order valence-electron chi connectivity index (χ4n) is 2.48. The average molecular weight is 353 g/mol. The largest absolute Gasteiger partial charge is 0.348 e. The Kier molecular flexibility index (Phi) is 5.27. The molecule has 2 N–H and O–H groups in total. The number of hydrogen-bond donors (Lipinski definition) is 1. The lowest BCUT2D eigenvalue weighted by Crippen LogP contribution is -2.16. The second kappa shape index (κ2) is 6.79. The Morgan fingerprint density at radius 2 is 2.05 bits per heavy atom. The minimum absolute atomic E-state index is 0.0944. The maximum absolute atomic E-state index is 6.22. The van der Waals surface area contributed by atoms with Crippen molar-refractivity contribution in [3.63, 3.8) is 0 Å². The first-order valence-corrected chi connectivity index (χ1v) is 8.42. The Bertz CT molecular complexity index is 597. The summed E-state index contributed by atoms with van der Waals surface area (Å²) in [6, 6.07) is 2.21. The van der Waals surface area contributed by atoms with Crippen molar-refractivity contribution in [3.8, 4) is 0 Å². The molecule has 21 heavy (non-hydrogen) atoms. The SMILES string of the molecule is CCc1nn(CC)c(Cn2ccc(C(N)C(C)C)c2)c1Br. The van der Waals surface area contributed by atoms with Gasteiger partial charge in [-0.2, -0.15) is 5.10 Å². The van der Waals surface area contributed by atoms with Crippen molar-refractivity contribution < 1.29 is 0 Å². The highest BCUT2D eigenvalue weighted by atomic mass is 79.9. The van der Waals surface area contributed by atoms with Gasteiger partial charge in [-0.1, -0.05) is 20.8 Å². The number of halogens is 1. The maximum atomic E-state index is 6.22. The van der Waals surface area contributed by atoms with Crippen molar-refractivity contribution >= 4 is 15.9 Å². The van der Waals surface area contributed by atoms with E-state index in [1.807, 2.05) is 0 Å². The molecule has 0 fully saturated rings. The zero-order valence-electron chi connectivity index (χ0n) is 13.3. The van der Waals surface area contributed by atoms with Crippen LogP contribution in [-0.4, -0.2) is 14.3 Å². The first-order valence-electron chi connectivity index (χ1n) is 7.63. The number of rotatable bonds is 6. The van der Waals surface area contributed by atoms with E-state index in [0.717, 1.165) is 29.7 Å². The van der Waals surface area contributed by atoms with Crippen LogP contribution in [0.1, 0.15) is 50.7 Å². The number of aryl methyl sites for hydroxylation is 2. The summed E-state index contributed by atoms with van der Waals surface area (Å²) in [4.78, 5) is 0. The van der Waals surface area contributed by atoms with Gasteiger partial charge in [-0.05, 0) is 46.8 Å². The van der Waals surface area contributed by atoms with Crippen LogP contribution in [-0.2, 0) is 19.5 Å². The third kappa shape index (κ3) is 3.40. The minimum Gasteiger partial charge on any atom is -0.348 e. The average Bonchev–Trinajstić information content (AvgIpc) is 3.04. The molecule has 0 aliphatic carbocycles. The fraction of sp³-hybridized carbons (Fsp3) is 0.562. The molecule has 116 valence electrons. The summed E-state index contributed by atoms with van der Waals surface area (Å²) in [5.74, 6) is 0.445. The van der Waals surface area contributed by atoms with Crippen LogP contribution >= 0.6 is 15.9 Å². The van der Waals surface area contributed by atoms with E-state index in [9.17, 15) is 0 Å². The molecule has 0 spiro atoms. The molecule has 0 saturated heterocycles. The predicted octanol–water partition coefficient (Wildman–Crippen LogP) is 3.73. The van der Waals surface area contributed by atoms with Crippen LogP contribution in [0, 0.1) is 5.92 Å². The molecular weight excluding hydrogens is 328 g/mol. The van der Waals surface area contributed by atoms with Crippen LogP contribution in [0.5, 0.6) is 0 Å². The van der Waals surface area contributed by atoms with E-state index >= 15 is 0 Å². The van der Waals surface area contributed by atoms with Crippen molar-refractivity contribution in [2.24, 2.45) is 11.7 Å². The highest BCUT2D eigenvalue weighted by Gasteiger charge is 2.16. The van der Waals surface area contributed by atoms with E-state index < -0.39 is 0 Å².